The molecule has 1 atom stereocenters. The van der Waals surface area contributed by atoms with Crippen molar-refractivity contribution in [3.63, 3.8) is 0 Å². The van der Waals surface area contributed by atoms with Gasteiger partial charge in [-0.25, -0.2) is 0 Å². The summed E-state index contributed by atoms with van der Waals surface area (Å²) in [6.45, 7) is 1.25. The van der Waals surface area contributed by atoms with E-state index in [9.17, 15) is 5.11 Å². The molecule has 3 nitrogen and oxygen atoms in total. The van der Waals surface area contributed by atoms with Gasteiger partial charge in [0.05, 0.1) is 17.7 Å². The maximum atomic E-state index is 10.2. The van der Waals surface area contributed by atoms with Crippen LogP contribution in [0, 0.1) is 11.3 Å². The van der Waals surface area contributed by atoms with Gasteiger partial charge in [0.2, 0.25) is 0 Å². The van der Waals surface area contributed by atoms with Gasteiger partial charge in [-0.15, -0.1) is 0 Å². The molecule has 4 heteroatoms. The first-order valence-corrected chi connectivity index (χ1v) is 7.07. The molecule has 108 valence electrons. The summed E-state index contributed by atoms with van der Waals surface area (Å²) in [6.07, 6.45) is -0.550. The lowest BCUT2D eigenvalue weighted by atomic mass is 10.1. The topological polar surface area (TPSA) is 47.3 Å². The molecule has 0 amide bonds. The molecule has 0 fully saturated rings. The Morgan fingerprint density at radius 2 is 1.76 bits per heavy atom. The highest BCUT2D eigenvalue weighted by atomic mass is 35.5. The molecule has 0 aliphatic rings. The van der Waals surface area contributed by atoms with Crippen LogP contribution in [-0.2, 0) is 6.54 Å². The molecule has 21 heavy (non-hydrogen) atoms. The van der Waals surface area contributed by atoms with Crippen LogP contribution in [0.5, 0.6) is 0 Å². The van der Waals surface area contributed by atoms with Crippen molar-refractivity contribution >= 4 is 11.6 Å². The summed E-state index contributed by atoms with van der Waals surface area (Å²) in [5.74, 6) is 0. The second-order valence-electron chi connectivity index (χ2n) is 5.07. The van der Waals surface area contributed by atoms with Crippen molar-refractivity contribution in [3.05, 3.63) is 70.2 Å². The number of aliphatic hydroxyl groups is 1. The van der Waals surface area contributed by atoms with Crippen molar-refractivity contribution in [3.8, 4) is 6.07 Å². The highest BCUT2D eigenvalue weighted by molar-refractivity contribution is 6.30. The van der Waals surface area contributed by atoms with Crippen molar-refractivity contribution in [2.24, 2.45) is 0 Å². The fourth-order valence-electron chi connectivity index (χ4n) is 2.15. The van der Waals surface area contributed by atoms with E-state index in [4.69, 9.17) is 16.9 Å². The second-order valence-corrected chi connectivity index (χ2v) is 5.51. The van der Waals surface area contributed by atoms with Crippen molar-refractivity contribution in [1.82, 2.24) is 4.90 Å². The summed E-state index contributed by atoms with van der Waals surface area (Å²) < 4.78 is 0. The first-order valence-electron chi connectivity index (χ1n) is 6.69. The van der Waals surface area contributed by atoms with E-state index in [1.54, 1.807) is 24.3 Å². The first-order chi connectivity index (χ1) is 10.1. The summed E-state index contributed by atoms with van der Waals surface area (Å²) >= 11 is 5.84. The summed E-state index contributed by atoms with van der Waals surface area (Å²) in [7, 11) is 1.96. The Kier molecular flexibility index (Phi) is 5.35. The van der Waals surface area contributed by atoms with E-state index in [1.165, 1.54) is 0 Å². The molecule has 0 saturated heterocycles. The molecule has 0 aliphatic carbocycles. The van der Waals surface area contributed by atoms with Crippen LogP contribution in [0.1, 0.15) is 22.8 Å². The van der Waals surface area contributed by atoms with E-state index in [1.807, 2.05) is 36.2 Å². The number of rotatable bonds is 5. The maximum Gasteiger partial charge on any atom is 0.0991 e. The Morgan fingerprint density at radius 1 is 1.14 bits per heavy atom. The molecule has 0 saturated carbocycles. The SMILES string of the molecule is CN(Cc1ccc(C#N)cc1)CC(O)c1ccc(Cl)cc1. The first kappa shape index (κ1) is 15.5. The predicted octanol–water partition coefficient (Wildman–Crippen LogP) is 3.38. The van der Waals surface area contributed by atoms with Crippen LogP contribution in [-0.4, -0.2) is 23.6 Å². The minimum atomic E-state index is -0.550. The molecule has 2 aromatic carbocycles. The normalized spacial score (nSPS) is 12.1. The van der Waals surface area contributed by atoms with Crippen LogP contribution in [0.2, 0.25) is 5.02 Å². The smallest absolute Gasteiger partial charge is 0.0991 e. The van der Waals surface area contributed by atoms with Crippen molar-refractivity contribution in [2.45, 2.75) is 12.6 Å². The van der Waals surface area contributed by atoms with Gasteiger partial charge >= 0.3 is 0 Å². The number of hydrogen-bond acceptors (Lipinski definition) is 3. The van der Waals surface area contributed by atoms with Gasteiger partial charge in [-0.3, -0.25) is 4.90 Å². The third-order valence-corrected chi connectivity index (χ3v) is 3.53. The number of aliphatic hydroxyl groups excluding tert-OH is 1. The molecule has 0 aromatic heterocycles. The van der Waals surface area contributed by atoms with E-state index < -0.39 is 6.10 Å². The van der Waals surface area contributed by atoms with Crippen LogP contribution >= 0.6 is 11.6 Å². The van der Waals surface area contributed by atoms with Gasteiger partial charge in [0.15, 0.2) is 0 Å². The second kappa shape index (κ2) is 7.24. The minimum Gasteiger partial charge on any atom is -0.387 e. The van der Waals surface area contributed by atoms with Gasteiger partial charge in [-0.05, 0) is 42.4 Å². The van der Waals surface area contributed by atoms with Gasteiger partial charge in [-0.1, -0.05) is 35.9 Å². The molecule has 0 heterocycles. The lowest BCUT2D eigenvalue weighted by Gasteiger charge is -2.21. The third kappa shape index (κ3) is 4.57. The highest BCUT2D eigenvalue weighted by Crippen LogP contribution is 2.18. The molecule has 2 aromatic rings. The van der Waals surface area contributed by atoms with Crippen LogP contribution in [0.4, 0.5) is 0 Å². The van der Waals surface area contributed by atoms with E-state index in [-0.39, 0.29) is 0 Å². The van der Waals surface area contributed by atoms with E-state index in [2.05, 4.69) is 6.07 Å². The number of nitriles is 1. The molecule has 1 unspecified atom stereocenters. The predicted molar refractivity (Wildman–Crippen MR) is 83.9 cm³/mol. The Balaban J connectivity index is 1.92. The van der Waals surface area contributed by atoms with Crippen LogP contribution in [0.25, 0.3) is 0 Å². The Labute approximate surface area is 130 Å². The summed E-state index contributed by atoms with van der Waals surface area (Å²) in [6, 6.07) is 16.8. The average Bonchev–Trinajstić information content (AvgIpc) is 2.48. The van der Waals surface area contributed by atoms with E-state index >= 15 is 0 Å². The van der Waals surface area contributed by atoms with E-state index in [0.717, 1.165) is 17.7 Å². The van der Waals surface area contributed by atoms with Gasteiger partial charge in [0.25, 0.3) is 0 Å². The molecule has 1 N–H and O–H groups in total. The largest absolute Gasteiger partial charge is 0.387 e. The standard InChI is InChI=1S/C17H17ClN2O/c1-20(11-14-4-2-13(10-19)3-5-14)12-17(21)15-6-8-16(18)9-7-15/h2-9,17,21H,11-12H2,1H3. The number of hydrogen-bond donors (Lipinski definition) is 1. The van der Waals surface area contributed by atoms with Gasteiger partial charge in [0.1, 0.15) is 0 Å². The number of halogens is 1. The summed E-state index contributed by atoms with van der Waals surface area (Å²) in [5.41, 5.74) is 2.62. The van der Waals surface area contributed by atoms with Crippen molar-refractivity contribution < 1.29 is 5.11 Å². The van der Waals surface area contributed by atoms with Gasteiger partial charge in [0, 0.05) is 18.1 Å². The maximum absolute atomic E-state index is 10.2. The number of nitrogens with zero attached hydrogens (tertiary/aromatic N) is 2. The van der Waals surface area contributed by atoms with Gasteiger partial charge in [-0.2, -0.15) is 5.26 Å². The third-order valence-electron chi connectivity index (χ3n) is 3.27. The zero-order valence-corrected chi connectivity index (χ0v) is 12.6. The Bertz CT molecular complexity index is 617. The molecule has 0 aliphatic heterocycles. The number of benzene rings is 2. The average molecular weight is 301 g/mol. The van der Waals surface area contributed by atoms with Crippen molar-refractivity contribution in [1.29, 1.82) is 5.26 Å². The summed E-state index contributed by atoms with van der Waals surface area (Å²) in [4.78, 5) is 2.04. The lowest BCUT2D eigenvalue weighted by Crippen LogP contribution is -2.24. The lowest BCUT2D eigenvalue weighted by molar-refractivity contribution is 0.124. The fourth-order valence-corrected chi connectivity index (χ4v) is 2.27. The summed E-state index contributed by atoms with van der Waals surface area (Å²) in [5, 5.41) is 19.6. The fraction of sp³-hybridized carbons (Fsp3) is 0.235. The Hall–Kier alpha value is -1.86. The van der Waals surface area contributed by atoms with E-state index in [0.29, 0.717) is 17.1 Å². The van der Waals surface area contributed by atoms with Crippen LogP contribution in [0.15, 0.2) is 48.5 Å². The zero-order valence-electron chi connectivity index (χ0n) is 11.8. The minimum absolute atomic E-state index is 0.529. The monoisotopic (exact) mass is 300 g/mol. The molecule has 2 rings (SSSR count). The highest BCUT2D eigenvalue weighted by Gasteiger charge is 2.11. The number of likely N-dealkylation sites (N-methyl/N-ethyl adjacent to an activating group) is 1. The molecular formula is C17H17ClN2O. The quantitative estimate of drug-likeness (QED) is 0.921. The molecular weight excluding hydrogens is 284 g/mol. The van der Waals surface area contributed by atoms with Crippen LogP contribution < -0.4 is 0 Å². The van der Waals surface area contributed by atoms with Crippen LogP contribution in [0.3, 0.4) is 0 Å². The molecule has 0 radical (unpaired) electrons. The molecule has 0 spiro atoms. The van der Waals surface area contributed by atoms with Gasteiger partial charge < -0.3 is 5.11 Å². The molecule has 0 bridgehead atoms. The zero-order chi connectivity index (χ0) is 15.2. The van der Waals surface area contributed by atoms with Crippen molar-refractivity contribution in [2.75, 3.05) is 13.6 Å². The Morgan fingerprint density at radius 3 is 2.33 bits per heavy atom.